The molecule has 1 fully saturated rings. The Labute approximate surface area is 117 Å². The molecule has 1 aromatic heterocycles. The van der Waals surface area contributed by atoms with Crippen LogP contribution >= 0.6 is 23.1 Å². The topological polar surface area (TPSA) is 59.1 Å². The van der Waals surface area contributed by atoms with Gasteiger partial charge in [0, 0.05) is 10.9 Å². The maximum Gasteiger partial charge on any atom is 0.290 e. The van der Waals surface area contributed by atoms with Crippen molar-refractivity contribution in [2.45, 2.75) is 0 Å². The molecule has 0 atom stereocenters. The summed E-state index contributed by atoms with van der Waals surface area (Å²) in [6.45, 7) is 0. The van der Waals surface area contributed by atoms with E-state index in [-0.39, 0.29) is 11.1 Å². The van der Waals surface area contributed by atoms with Gasteiger partial charge in [0.05, 0.1) is 10.6 Å². The molecule has 0 saturated carbocycles. The van der Waals surface area contributed by atoms with Crippen LogP contribution in [0.2, 0.25) is 0 Å². The van der Waals surface area contributed by atoms with E-state index in [1.54, 1.807) is 6.08 Å². The highest BCUT2D eigenvalue weighted by molar-refractivity contribution is 8.18. The van der Waals surface area contributed by atoms with Crippen LogP contribution in [0.5, 0.6) is 0 Å². The maximum atomic E-state index is 11.4. The second kappa shape index (κ2) is 4.99. The third kappa shape index (κ3) is 2.59. The molecular weight excluding hydrogens is 280 g/mol. The van der Waals surface area contributed by atoms with Gasteiger partial charge in [-0.25, -0.2) is 4.98 Å². The molecular formula is C13H8N2O2S2. The number of hydrogen-bond donors (Lipinski definition) is 1. The number of rotatable bonds is 2. The highest BCUT2D eigenvalue weighted by Gasteiger charge is 2.25. The van der Waals surface area contributed by atoms with Crippen molar-refractivity contribution in [1.82, 2.24) is 10.3 Å². The van der Waals surface area contributed by atoms with Crippen LogP contribution in [0.25, 0.3) is 16.6 Å². The minimum absolute atomic E-state index is 0.338. The molecule has 94 valence electrons. The van der Waals surface area contributed by atoms with Gasteiger partial charge in [-0.3, -0.25) is 14.9 Å². The lowest BCUT2D eigenvalue weighted by atomic mass is 10.2. The largest absolute Gasteiger partial charge is 0.290 e. The van der Waals surface area contributed by atoms with Crippen LogP contribution in [-0.4, -0.2) is 16.1 Å². The lowest BCUT2D eigenvalue weighted by Gasteiger charge is -1.93. The SMILES string of the molecule is O=C1NC(=O)/C(=C\c2csc(-c3ccccc3)n2)S1. The van der Waals surface area contributed by atoms with E-state index < -0.39 is 0 Å². The molecule has 1 aliphatic rings. The molecule has 4 nitrogen and oxygen atoms in total. The van der Waals surface area contributed by atoms with Gasteiger partial charge in [0.1, 0.15) is 5.01 Å². The van der Waals surface area contributed by atoms with E-state index >= 15 is 0 Å². The van der Waals surface area contributed by atoms with Crippen molar-refractivity contribution in [2.75, 3.05) is 0 Å². The minimum Gasteiger partial charge on any atom is -0.282 e. The molecule has 1 saturated heterocycles. The molecule has 1 aliphatic heterocycles. The van der Waals surface area contributed by atoms with Crippen molar-refractivity contribution < 1.29 is 9.59 Å². The Hall–Kier alpha value is -1.92. The first kappa shape index (κ1) is 12.1. The Morgan fingerprint density at radius 3 is 2.63 bits per heavy atom. The molecule has 2 aromatic rings. The average Bonchev–Trinajstić information content (AvgIpc) is 2.99. The summed E-state index contributed by atoms with van der Waals surface area (Å²) in [5.74, 6) is -0.357. The van der Waals surface area contributed by atoms with Crippen molar-refractivity contribution >= 4 is 40.3 Å². The van der Waals surface area contributed by atoms with E-state index in [0.717, 1.165) is 22.3 Å². The van der Waals surface area contributed by atoms with Gasteiger partial charge in [-0.1, -0.05) is 30.3 Å². The van der Waals surface area contributed by atoms with Gasteiger partial charge in [0.15, 0.2) is 0 Å². The molecule has 2 amide bonds. The summed E-state index contributed by atoms with van der Waals surface area (Å²) in [5.41, 5.74) is 1.73. The van der Waals surface area contributed by atoms with E-state index in [9.17, 15) is 9.59 Å². The zero-order valence-corrected chi connectivity index (χ0v) is 11.3. The standard InChI is InChI=1S/C13H8N2O2S2/c16-11-10(19-13(17)15-11)6-9-7-18-12(14-9)8-4-2-1-3-5-8/h1-7H,(H,15,16,17)/b10-6+. The highest BCUT2D eigenvalue weighted by atomic mass is 32.2. The molecule has 3 rings (SSSR count). The number of nitrogens with zero attached hydrogens (tertiary/aromatic N) is 1. The summed E-state index contributed by atoms with van der Waals surface area (Å²) in [6, 6.07) is 9.82. The number of benzene rings is 1. The Morgan fingerprint density at radius 2 is 1.95 bits per heavy atom. The lowest BCUT2D eigenvalue weighted by Crippen LogP contribution is -2.17. The number of carbonyl (C=O) groups excluding carboxylic acids is 2. The predicted octanol–water partition coefficient (Wildman–Crippen LogP) is 3.13. The highest BCUT2D eigenvalue weighted by Crippen LogP contribution is 2.28. The van der Waals surface area contributed by atoms with E-state index in [2.05, 4.69) is 10.3 Å². The number of thiazole rings is 1. The van der Waals surface area contributed by atoms with Gasteiger partial charge in [0.2, 0.25) is 0 Å². The number of amides is 2. The van der Waals surface area contributed by atoms with Crippen LogP contribution in [0, 0.1) is 0 Å². The van der Waals surface area contributed by atoms with Gasteiger partial charge in [-0.15, -0.1) is 11.3 Å². The van der Waals surface area contributed by atoms with Gasteiger partial charge >= 0.3 is 0 Å². The van der Waals surface area contributed by atoms with Gasteiger partial charge in [-0.05, 0) is 17.8 Å². The molecule has 0 unspecified atom stereocenters. The smallest absolute Gasteiger partial charge is 0.282 e. The Balaban J connectivity index is 1.89. The minimum atomic E-state index is -0.357. The first-order valence-electron chi connectivity index (χ1n) is 5.48. The van der Waals surface area contributed by atoms with Crippen molar-refractivity contribution in [1.29, 1.82) is 0 Å². The van der Waals surface area contributed by atoms with Crippen LogP contribution < -0.4 is 5.32 Å². The third-order valence-corrected chi connectivity index (χ3v) is 4.18. The Morgan fingerprint density at radius 1 is 1.16 bits per heavy atom. The van der Waals surface area contributed by atoms with E-state index in [4.69, 9.17) is 0 Å². The number of imide groups is 1. The van der Waals surface area contributed by atoms with Gasteiger partial charge in [0.25, 0.3) is 11.1 Å². The number of thioether (sulfide) groups is 1. The maximum absolute atomic E-state index is 11.4. The molecule has 0 spiro atoms. The lowest BCUT2D eigenvalue weighted by molar-refractivity contribution is -0.115. The molecule has 0 aliphatic carbocycles. The van der Waals surface area contributed by atoms with Crippen molar-refractivity contribution in [3.8, 4) is 10.6 Å². The summed E-state index contributed by atoms with van der Waals surface area (Å²) < 4.78 is 0. The van der Waals surface area contributed by atoms with Crippen molar-refractivity contribution in [3.05, 3.63) is 46.3 Å². The van der Waals surface area contributed by atoms with Crippen LogP contribution in [-0.2, 0) is 4.79 Å². The van der Waals surface area contributed by atoms with Gasteiger partial charge in [-0.2, -0.15) is 0 Å². The molecule has 1 aromatic carbocycles. The number of hydrogen-bond acceptors (Lipinski definition) is 5. The fraction of sp³-hybridized carbons (Fsp3) is 0. The fourth-order valence-corrected chi connectivity index (χ4v) is 3.07. The van der Waals surface area contributed by atoms with Crippen molar-refractivity contribution in [2.24, 2.45) is 0 Å². The number of aromatic nitrogens is 1. The molecule has 19 heavy (non-hydrogen) atoms. The summed E-state index contributed by atoms with van der Waals surface area (Å²) >= 11 is 2.41. The van der Waals surface area contributed by atoms with Crippen molar-refractivity contribution in [3.63, 3.8) is 0 Å². The quantitative estimate of drug-likeness (QED) is 0.862. The van der Waals surface area contributed by atoms with Crippen LogP contribution in [0.15, 0.2) is 40.6 Å². The van der Waals surface area contributed by atoms with Crippen LogP contribution in [0.4, 0.5) is 4.79 Å². The van der Waals surface area contributed by atoms with Crippen LogP contribution in [0.1, 0.15) is 5.69 Å². The molecule has 6 heteroatoms. The fourth-order valence-electron chi connectivity index (χ4n) is 1.62. The van der Waals surface area contributed by atoms with Crippen LogP contribution in [0.3, 0.4) is 0 Å². The Kier molecular flexibility index (Phi) is 3.18. The van der Waals surface area contributed by atoms with E-state index in [1.165, 1.54) is 11.3 Å². The van der Waals surface area contributed by atoms with E-state index in [0.29, 0.717) is 10.6 Å². The number of carbonyl (C=O) groups is 2. The Bertz CT molecular complexity index is 677. The summed E-state index contributed by atoms with van der Waals surface area (Å²) in [4.78, 5) is 27.3. The molecule has 1 N–H and O–H groups in total. The summed E-state index contributed by atoms with van der Waals surface area (Å²) in [5, 5.41) is 4.64. The zero-order chi connectivity index (χ0) is 13.2. The average molecular weight is 288 g/mol. The third-order valence-electron chi connectivity index (χ3n) is 2.46. The van der Waals surface area contributed by atoms with Gasteiger partial charge < -0.3 is 0 Å². The number of nitrogens with one attached hydrogen (secondary N) is 1. The van der Waals surface area contributed by atoms with E-state index in [1.807, 2.05) is 35.7 Å². The summed E-state index contributed by atoms with van der Waals surface area (Å²) in [6.07, 6.45) is 1.63. The zero-order valence-electron chi connectivity index (χ0n) is 9.62. The second-order valence-electron chi connectivity index (χ2n) is 3.80. The second-order valence-corrected chi connectivity index (χ2v) is 5.67. The monoisotopic (exact) mass is 288 g/mol. The molecule has 0 bridgehead atoms. The normalized spacial score (nSPS) is 16.9. The first-order chi connectivity index (χ1) is 9.22. The first-order valence-corrected chi connectivity index (χ1v) is 7.18. The summed E-state index contributed by atoms with van der Waals surface area (Å²) in [7, 11) is 0. The molecule has 2 heterocycles. The predicted molar refractivity (Wildman–Crippen MR) is 76.7 cm³/mol. The molecule has 0 radical (unpaired) electrons.